The molecule has 0 aliphatic carbocycles. The molecule has 0 aromatic carbocycles. The first-order chi connectivity index (χ1) is 11.4. The summed E-state index contributed by atoms with van der Waals surface area (Å²) in [7, 11) is -0.344. The molecule has 2 saturated heterocycles. The normalized spacial score (nSPS) is 22.9. The van der Waals surface area contributed by atoms with Crippen LogP contribution in [0.25, 0.3) is 0 Å². The van der Waals surface area contributed by atoms with E-state index in [1.165, 1.54) is 27.6 Å². The highest BCUT2D eigenvalue weighted by atomic mass is 32.2. The monoisotopic (exact) mass is 354 g/mol. The quantitative estimate of drug-likeness (QED) is 0.806. The number of hydrogen-bond acceptors (Lipinski definition) is 5. The molecule has 0 radical (unpaired) electrons. The summed E-state index contributed by atoms with van der Waals surface area (Å²) < 4.78 is 32.4. The number of ether oxygens (including phenoxy) is 1. The third-order valence-corrected chi connectivity index (χ3v) is 6.29. The second-order valence-electron chi connectivity index (χ2n) is 6.17. The maximum Gasteiger partial charge on any atom is 0.415 e. The van der Waals surface area contributed by atoms with E-state index in [0.29, 0.717) is 32.1 Å². The van der Waals surface area contributed by atoms with E-state index in [1.54, 1.807) is 6.07 Å². The molecule has 3 heterocycles. The molecule has 9 heteroatoms. The Kier molecular flexibility index (Phi) is 4.75. The number of rotatable bonds is 4. The lowest BCUT2D eigenvalue weighted by Crippen LogP contribution is -2.45. The van der Waals surface area contributed by atoms with Gasteiger partial charge in [0.05, 0.1) is 6.54 Å². The number of nitrogens with zero attached hydrogens (tertiary/aromatic N) is 4. The van der Waals surface area contributed by atoms with Crippen LogP contribution in [0.1, 0.15) is 24.5 Å². The second-order valence-corrected chi connectivity index (χ2v) is 8.32. The largest absolute Gasteiger partial charge is 0.447 e. The summed E-state index contributed by atoms with van der Waals surface area (Å²) in [6, 6.07) is 5.51. The van der Waals surface area contributed by atoms with Crippen LogP contribution in [0.4, 0.5) is 10.6 Å². The second kappa shape index (κ2) is 6.66. The van der Waals surface area contributed by atoms with Gasteiger partial charge in [0, 0.05) is 38.8 Å². The summed E-state index contributed by atoms with van der Waals surface area (Å²) in [6.07, 6.45) is 1.27. The van der Waals surface area contributed by atoms with Crippen LogP contribution in [-0.4, -0.2) is 68.4 Å². The highest BCUT2D eigenvalue weighted by Gasteiger charge is 2.32. The lowest BCUT2D eigenvalue weighted by molar-refractivity contribution is 0.181. The molecule has 0 saturated carbocycles. The fourth-order valence-corrected chi connectivity index (χ4v) is 4.23. The van der Waals surface area contributed by atoms with Gasteiger partial charge in [-0.3, -0.25) is 4.90 Å². The van der Waals surface area contributed by atoms with E-state index in [1.807, 2.05) is 12.1 Å². The Balaban J connectivity index is 1.80. The molecule has 2 aliphatic heterocycles. The van der Waals surface area contributed by atoms with Crippen LogP contribution in [-0.2, 0) is 14.9 Å². The number of piperidine rings is 1. The van der Waals surface area contributed by atoms with Crippen LogP contribution in [0.3, 0.4) is 0 Å². The minimum absolute atomic E-state index is 0.0204. The first kappa shape index (κ1) is 17.1. The highest BCUT2D eigenvalue weighted by Crippen LogP contribution is 2.29. The Bertz CT molecular complexity index is 722. The van der Waals surface area contributed by atoms with E-state index in [-0.39, 0.29) is 12.0 Å². The first-order valence-electron chi connectivity index (χ1n) is 7.98. The summed E-state index contributed by atoms with van der Waals surface area (Å²) in [5, 5.41) is 0. The lowest BCUT2D eigenvalue weighted by Gasteiger charge is -2.33. The van der Waals surface area contributed by atoms with Gasteiger partial charge in [-0.2, -0.15) is 17.0 Å². The third kappa shape index (κ3) is 3.24. The molecule has 0 unspecified atom stereocenters. The zero-order valence-corrected chi connectivity index (χ0v) is 14.7. The molecule has 1 amide bonds. The Morgan fingerprint density at radius 1 is 1.29 bits per heavy atom. The number of carbonyl (C=O) groups excluding carboxylic acids is 1. The molecule has 132 valence electrons. The van der Waals surface area contributed by atoms with Gasteiger partial charge in [-0.15, -0.1) is 0 Å². The van der Waals surface area contributed by atoms with Crippen LogP contribution in [0.5, 0.6) is 0 Å². The molecule has 2 fully saturated rings. The van der Waals surface area contributed by atoms with Crippen molar-refractivity contribution in [2.24, 2.45) is 0 Å². The van der Waals surface area contributed by atoms with Crippen LogP contribution in [0.15, 0.2) is 18.2 Å². The van der Waals surface area contributed by atoms with Gasteiger partial charge >= 0.3 is 6.09 Å². The van der Waals surface area contributed by atoms with Crippen LogP contribution >= 0.6 is 0 Å². The Hall–Kier alpha value is -1.71. The van der Waals surface area contributed by atoms with E-state index < -0.39 is 10.2 Å². The SMILES string of the molecule is CN(C)S(=O)(=O)N1CCC[C@H](c2cccc(N3CCOC3=O)n2)C1. The molecule has 1 aromatic rings. The van der Waals surface area contributed by atoms with E-state index in [2.05, 4.69) is 4.98 Å². The van der Waals surface area contributed by atoms with Crippen LogP contribution < -0.4 is 4.90 Å². The van der Waals surface area contributed by atoms with Crippen molar-refractivity contribution in [3.8, 4) is 0 Å². The number of carbonyl (C=O) groups is 1. The van der Waals surface area contributed by atoms with E-state index in [9.17, 15) is 13.2 Å². The molecule has 0 N–H and O–H groups in total. The average molecular weight is 354 g/mol. The molecular formula is C15H22N4O4S. The zero-order chi connectivity index (χ0) is 17.3. The van der Waals surface area contributed by atoms with Gasteiger partial charge in [0.25, 0.3) is 10.2 Å². The molecule has 0 bridgehead atoms. The maximum absolute atomic E-state index is 12.3. The van der Waals surface area contributed by atoms with Gasteiger partial charge in [-0.25, -0.2) is 9.78 Å². The number of hydrogen-bond donors (Lipinski definition) is 0. The average Bonchev–Trinajstić information content (AvgIpc) is 3.01. The van der Waals surface area contributed by atoms with Crippen molar-refractivity contribution in [1.82, 2.24) is 13.6 Å². The molecule has 24 heavy (non-hydrogen) atoms. The van der Waals surface area contributed by atoms with Crippen molar-refractivity contribution < 1.29 is 17.9 Å². The van der Waals surface area contributed by atoms with Crippen molar-refractivity contribution >= 4 is 22.1 Å². The standard InChI is InChI=1S/C15H22N4O4S/c1-17(2)24(21,22)18-8-4-5-12(11-18)13-6-3-7-14(16-13)19-9-10-23-15(19)20/h3,6-7,12H,4-5,8-11H2,1-2H3/t12-/m0/s1. The molecule has 3 rings (SSSR count). The van der Waals surface area contributed by atoms with E-state index >= 15 is 0 Å². The van der Waals surface area contributed by atoms with Crippen LogP contribution in [0.2, 0.25) is 0 Å². The molecular weight excluding hydrogens is 332 g/mol. The van der Waals surface area contributed by atoms with Gasteiger partial charge in [-0.05, 0) is 25.0 Å². The minimum atomic E-state index is -3.42. The summed E-state index contributed by atoms with van der Waals surface area (Å²) in [6.45, 7) is 1.78. The van der Waals surface area contributed by atoms with Crippen molar-refractivity contribution in [2.75, 3.05) is 45.2 Å². The van der Waals surface area contributed by atoms with Gasteiger partial charge in [0.1, 0.15) is 12.4 Å². The summed E-state index contributed by atoms with van der Waals surface area (Å²) in [5.74, 6) is 0.578. The van der Waals surface area contributed by atoms with Crippen molar-refractivity contribution in [3.05, 3.63) is 23.9 Å². The number of aromatic nitrogens is 1. The number of pyridine rings is 1. The predicted octanol–water partition coefficient (Wildman–Crippen LogP) is 1.02. The smallest absolute Gasteiger partial charge is 0.415 e. The zero-order valence-electron chi connectivity index (χ0n) is 13.9. The van der Waals surface area contributed by atoms with Gasteiger partial charge < -0.3 is 4.74 Å². The third-order valence-electron chi connectivity index (χ3n) is 4.38. The Morgan fingerprint density at radius 2 is 2.08 bits per heavy atom. The molecule has 8 nitrogen and oxygen atoms in total. The predicted molar refractivity (Wildman–Crippen MR) is 89.1 cm³/mol. The van der Waals surface area contributed by atoms with E-state index in [4.69, 9.17) is 4.74 Å². The Morgan fingerprint density at radius 3 is 2.75 bits per heavy atom. The highest BCUT2D eigenvalue weighted by molar-refractivity contribution is 7.86. The molecule has 1 aromatic heterocycles. The van der Waals surface area contributed by atoms with Gasteiger partial charge in [-0.1, -0.05) is 6.07 Å². The van der Waals surface area contributed by atoms with Crippen LogP contribution in [0, 0.1) is 0 Å². The topological polar surface area (TPSA) is 83.0 Å². The lowest BCUT2D eigenvalue weighted by atomic mass is 9.95. The number of anilines is 1. The molecule has 0 spiro atoms. The fraction of sp³-hybridized carbons (Fsp3) is 0.600. The maximum atomic E-state index is 12.3. The minimum Gasteiger partial charge on any atom is -0.447 e. The summed E-state index contributed by atoms with van der Waals surface area (Å²) in [4.78, 5) is 17.8. The number of amides is 1. The molecule has 2 aliphatic rings. The molecule has 1 atom stereocenters. The number of cyclic esters (lactones) is 1. The fourth-order valence-electron chi connectivity index (χ4n) is 3.04. The van der Waals surface area contributed by atoms with Gasteiger partial charge in [0.2, 0.25) is 0 Å². The first-order valence-corrected chi connectivity index (χ1v) is 9.38. The summed E-state index contributed by atoms with van der Waals surface area (Å²) >= 11 is 0. The van der Waals surface area contributed by atoms with Gasteiger partial charge in [0.15, 0.2) is 0 Å². The van der Waals surface area contributed by atoms with E-state index in [0.717, 1.165) is 18.5 Å². The summed E-state index contributed by atoms with van der Waals surface area (Å²) in [5.41, 5.74) is 0.811. The van der Waals surface area contributed by atoms with Crippen molar-refractivity contribution in [3.63, 3.8) is 0 Å². The van der Waals surface area contributed by atoms with Crippen molar-refractivity contribution in [2.45, 2.75) is 18.8 Å². The Labute approximate surface area is 142 Å². The van der Waals surface area contributed by atoms with Crippen molar-refractivity contribution in [1.29, 1.82) is 0 Å².